The highest BCUT2D eigenvalue weighted by Crippen LogP contribution is 2.33. The molecule has 0 amide bonds. The molecule has 1 heterocycles. The summed E-state index contributed by atoms with van der Waals surface area (Å²) < 4.78 is 33.4. The van der Waals surface area contributed by atoms with Crippen LogP contribution >= 0.6 is 47.8 Å². The zero-order valence-corrected chi connectivity index (χ0v) is 16.4. The van der Waals surface area contributed by atoms with Crippen molar-refractivity contribution in [2.75, 3.05) is 12.8 Å². The SMILES string of the molecule is CN(Cc1ccc(Br)o1)S(=O)(=O)c1c(N)cc(Br)cc1Br. The number of sulfonamides is 1. The van der Waals surface area contributed by atoms with Crippen LogP contribution in [0.2, 0.25) is 0 Å². The second kappa shape index (κ2) is 6.41. The lowest BCUT2D eigenvalue weighted by Gasteiger charge is -2.18. The van der Waals surface area contributed by atoms with E-state index in [1.54, 1.807) is 24.3 Å². The topological polar surface area (TPSA) is 76.5 Å². The Balaban J connectivity index is 2.38. The molecule has 0 aliphatic rings. The molecule has 0 unspecified atom stereocenters. The van der Waals surface area contributed by atoms with Gasteiger partial charge in [0.05, 0.1) is 12.2 Å². The predicted octanol–water partition coefficient (Wildman–Crippen LogP) is 3.97. The Bertz CT molecular complexity index is 751. The van der Waals surface area contributed by atoms with Crippen molar-refractivity contribution in [3.63, 3.8) is 0 Å². The van der Waals surface area contributed by atoms with E-state index in [1.165, 1.54) is 11.4 Å². The fraction of sp³-hybridized carbons (Fsp3) is 0.167. The minimum atomic E-state index is -3.74. The fourth-order valence-electron chi connectivity index (χ4n) is 1.75. The molecule has 2 rings (SSSR count). The van der Waals surface area contributed by atoms with Crippen LogP contribution < -0.4 is 5.73 Å². The van der Waals surface area contributed by atoms with Gasteiger partial charge in [0.1, 0.15) is 10.7 Å². The Hall–Kier alpha value is -0.350. The molecule has 0 saturated heterocycles. The van der Waals surface area contributed by atoms with Gasteiger partial charge < -0.3 is 10.2 Å². The molecule has 0 aliphatic heterocycles. The van der Waals surface area contributed by atoms with Crippen LogP contribution in [0.15, 0.2) is 47.2 Å². The maximum atomic E-state index is 12.6. The third-order valence-electron chi connectivity index (χ3n) is 2.71. The van der Waals surface area contributed by atoms with Gasteiger partial charge >= 0.3 is 0 Å². The first-order valence-electron chi connectivity index (χ1n) is 5.67. The summed E-state index contributed by atoms with van der Waals surface area (Å²) in [6.07, 6.45) is 0. The number of nitrogens with zero attached hydrogens (tertiary/aromatic N) is 1. The van der Waals surface area contributed by atoms with Crippen LogP contribution in [0.1, 0.15) is 5.76 Å². The molecule has 0 fully saturated rings. The highest BCUT2D eigenvalue weighted by molar-refractivity contribution is 9.11. The van der Waals surface area contributed by atoms with E-state index in [-0.39, 0.29) is 17.1 Å². The second-order valence-corrected chi connectivity index (χ2v) is 8.81. The van der Waals surface area contributed by atoms with Gasteiger partial charge in [0.25, 0.3) is 0 Å². The van der Waals surface area contributed by atoms with Crippen molar-refractivity contribution < 1.29 is 12.8 Å². The van der Waals surface area contributed by atoms with Crippen molar-refractivity contribution in [1.82, 2.24) is 4.31 Å². The molecule has 5 nitrogen and oxygen atoms in total. The number of benzene rings is 1. The van der Waals surface area contributed by atoms with Gasteiger partial charge in [-0.1, -0.05) is 15.9 Å². The summed E-state index contributed by atoms with van der Waals surface area (Å²) in [5.74, 6) is 0.528. The first kappa shape index (κ1) is 17.0. The number of nitrogens with two attached hydrogens (primary N) is 1. The molecule has 114 valence electrons. The van der Waals surface area contributed by atoms with E-state index >= 15 is 0 Å². The van der Waals surface area contributed by atoms with Gasteiger partial charge in [-0.15, -0.1) is 0 Å². The normalized spacial score (nSPS) is 12.0. The van der Waals surface area contributed by atoms with Gasteiger partial charge in [-0.05, 0) is 56.1 Å². The Kier molecular flexibility index (Phi) is 5.19. The molecule has 0 spiro atoms. The number of rotatable bonds is 4. The highest BCUT2D eigenvalue weighted by Gasteiger charge is 2.27. The van der Waals surface area contributed by atoms with Crippen molar-refractivity contribution in [2.24, 2.45) is 0 Å². The molecular formula is C12H11Br3N2O3S. The van der Waals surface area contributed by atoms with Crippen LogP contribution in [0.3, 0.4) is 0 Å². The number of halogens is 3. The van der Waals surface area contributed by atoms with Crippen molar-refractivity contribution in [3.05, 3.63) is 43.6 Å². The Morgan fingerprint density at radius 3 is 2.43 bits per heavy atom. The van der Waals surface area contributed by atoms with Gasteiger partial charge in [-0.3, -0.25) is 0 Å². The number of anilines is 1. The van der Waals surface area contributed by atoms with Crippen molar-refractivity contribution in [3.8, 4) is 0 Å². The zero-order valence-electron chi connectivity index (χ0n) is 10.8. The first-order chi connectivity index (χ1) is 9.71. The molecule has 0 atom stereocenters. The van der Waals surface area contributed by atoms with E-state index in [4.69, 9.17) is 10.2 Å². The average molecular weight is 503 g/mol. The van der Waals surface area contributed by atoms with Crippen LogP contribution in [-0.4, -0.2) is 19.8 Å². The quantitative estimate of drug-likeness (QED) is 0.642. The summed E-state index contributed by atoms with van der Waals surface area (Å²) >= 11 is 9.69. The standard InChI is InChI=1S/C12H11Br3N2O3S/c1-17(6-8-2-3-11(15)20-8)21(18,19)12-9(14)4-7(13)5-10(12)16/h2-5H,6,16H2,1H3. The van der Waals surface area contributed by atoms with E-state index in [1.807, 2.05) is 0 Å². The molecule has 2 aromatic rings. The molecule has 0 aliphatic carbocycles. The van der Waals surface area contributed by atoms with Crippen molar-refractivity contribution in [2.45, 2.75) is 11.4 Å². The Morgan fingerprint density at radius 2 is 1.90 bits per heavy atom. The number of furan rings is 1. The van der Waals surface area contributed by atoms with E-state index < -0.39 is 10.0 Å². The number of nitrogen functional groups attached to an aromatic ring is 1. The molecule has 9 heteroatoms. The summed E-state index contributed by atoms with van der Waals surface area (Å²) in [5.41, 5.74) is 6.02. The molecule has 0 saturated carbocycles. The molecule has 0 bridgehead atoms. The smallest absolute Gasteiger partial charge is 0.246 e. The van der Waals surface area contributed by atoms with Gasteiger partial charge in [0, 0.05) is 16.0 Å². The van der Waals surface area contributed by atoms with E-state index in [9.17, 15) is 8.42 Å². The van der Waals surface area contributed by atoms with Crippen LogP contribution in [-0.2, 0) is 16.6 Å². The van der Waals surface area contributed by atoms with Gasteiger partial charge in [-0.25, -0.2) is 8.42 Å². The largest absolute Gasteiger partial charge is 0.453 e. The second-order valence-electron chi connectivity index (χ2n) is 4.27. The lowest BCUT2D eigenvalue weighted by molar-refractivity contribution is 0.398. The van der Waals surface area contributed by atoms with Gasteiger partial charge in [0.2, 0.25) is 10.0 Å². The van der Waals surface area contributed by atoms with Crippen LogP contribution in [0.5, 0.6) is 0 Å². The third kappa shape index (κ3) is 3.70. The molecule has 1 aromatic carbocycles. The van der Waals surface area contributed by atoms with Crippen molar-refractivity contribution >= 4 is 63.5 Å². The number of hydrogen-bond donors (Lipinski definition) is 1. The minimum absolute atomic E-state index is 0.0406. The molecule has 1 aromatic heterocycles. The fourth-order valence-corrected chi connectivity index (χ4v) is 5.23. The first-order valence-corrected chi connectivity index (χ1v) is 9.49. The Labute approximate surface area is 147 Å². The summed E-state index contributed by atoms with van der Waals surface area (Å²) in [5, 5.41) is 0. The van der Waals surface area contributed by atoms with Gasteiger partial charge in [-0.2, -0.15) is 4.31 Å². The van der Waals surface area contributed by atoms with Crippen LogP contribution in [0, 0.1) is 0 Å². The summed E-state index contributed by atoms with van der Waals surface area (Å²) in [7, 11) is -2.27. The lowest BCUT2D eigenvalue weighted by atomic mass is 10.3. The summed E-state index contributed by atoms with van der Waals surface area (Å²) in [6, 6.07) is 6.60. The summed E-state index contributed by atoms with van der Waals surface area (Å²) in [4.78, 5) is 0.0406. The monoisotopic (exact) mass is 500 g/mol. The maximum Gasteiger partial charge on any atom is 0.246 e. The molecule has 21 heavy (non-hydrogen) atoms. The third-order valence-corrected chi connectivity index (χ3v) is 6.41. The average Bonchev–Trinajstić information content (AvgIpc) is 2.72. The van der Waals surface area contributed by atoms with E-state index in [2.05, 4.69) is 47.8 Å². The molecular weight excluding hydrogens is 492 g/mol. The maximum absolute atomic E-state index is 12.6. The zero-order chi connectivity index (χ0) is 15.8. The highest BCUT2D eigenvalue weighted by atomic mass is 79.9. The van der Waals surface area contributed by atoms with Gasteiger partial charge in [0.15, 0.2) is 4.67 Å². The van der Waals surface area contributed by atoms with E-state index in [0.717, 1.165) is 0 Å². The minimum Gasteiger partial charge on any atom is -0.453 e. The van der Waals surface area contributed by atoms with Crippen molar-refractivity contribution in [1.29, 1.82) is 0 Å². The van der Waals surface area contributed by atoms with Crippen LogP contribution in [0.4, 0.5) is 5.69 Å². The van der Waals surface area contributed by atoms with Crippen LogP contribution in [0.25, 0.3) is 0 Å². The Morgan fingerprint density at radius 1 is 1.24 bits per heavy atom. The lowest BCUT2D eigenvalue weighted by Crippen LogP contribution is -2.27. The molecule has 0 radical (unpaired) electrons. The van der Waals surface area contributed by atoms with E-state index in [0.29, 0.717) is 19.4 Å². The summed E-state index contributed by atoms with van der Waals surface area (Å²) in [6.45, 7) is 0.107. The molecule has 2 N–H and O–H groups in total. The number of hydrogen-bond acceptors (Lipinski definition) is 4. The predicted molar refractivity (Wildman–Crippen MR) is 91.3 cm³/mol.